The zero-order valence-corrected chi connectivity index (χ0v) is 17.4. The Kier molecular flexibility index (Phi) is 1.90. The van der Waals surface area contributed by atoms with Crippen molar-refractivity contribution in [3.05, 3.63) is 0 Å². The largest absolute Gasteiger partial charge is 0.120 e. The quantitative estimate of drug-likeness (QED) is 0.513. The fourth-order valence-corrected chi connectivity index (χ4v) is 15.1. The first kappa shape index (κ1) is 15.0. The molecule has 14 bridgehead atoms. The van der Waals surface area contributed by atoms with E-state index in [1.807, 2.05) is 0 Å². The normalized spacial score (nSPS) is 79.4. The second-order valence-electron chi connectivity index (χ2n) is 13.9. The molecule has 13 aliphatic carbocycles. The first-order valence-corrected chi connectivity index (χ1v) is 12.4. The minimum Gasteiger partial charge on any atom is -0.120 e. The molecule has 2 spiro atoms. The summed E-state index contributed by atoms with van der Waals surface area (Å²) in [5, 5.41) is 0. The number of hydrogen-bond donors (Lipinski definition) is 0. The van der Waals surface area contributed by atoms with Gasteiger partial charge in [-0.1, -0.05) is 25.7 Å². The summed E-state index contributed by atoms with van der Waals surface area (Å²) in [4.78, 5) is 0. The molecule has 0 N–H and O–H groups in total. The van der Waals surface area contributed by atoms with Crippen LogP contribution in [0.25, 0.3) is 0 Å². The van der Waals surface area contributed by atoms with Crippen molar-refractivity contribution in [3.8, 4) is 24.7 Å². The fourth-order valence-electron chi connectivity index (χ4n) is 15.1. The Balaban J connectivity index is 1.39. The maximum absolute atomic E-state index is 6.37. The maximum Gasteiger partial charge on any atom is 0.0349 e. The van der Waals surface area contributed by atoms with Crippen LogP contribution in [0.1, 0.15) is 58.8 Å². The molecule has 0 heterocycles. The van der Waals surface area contributed by atoms with Gasteiger partial charge >= 0.3 is 0 Å². The van der Waals surface area contributed by atoms with E-state index in [0.29, 0.717) is 16.2 Å². The molecule has 13 aliphatic rings. The summed E-state index contributed by atoms with van der Waals surface area (Å²) >= 11 is 0. The molecule has 0 heteroatoms. The lowest BCUT2D eigenvalue weighted by Gasteiger charge is -2.96. The molecule has 144 valence electrons. The van der Waals surface area contributed by atoms with Gasteiger partial charge in [-0.15, -0.1) is 12.8 Å². The first-order chi connectivity index (χ1) is 13.4. The molecule has 0 aromatic rings. The van der Waals surface area contributed by atoms with E-state index in [-0.39, 0.29) is 10.8 Å². The van der Waals surface area contributed by atoms with E-state index < -0.39 is 0 Å². The fraction of sp³-hybridized carbons (Fsp3) is 0.857. The van der Waals surface area contributed by atoms with Crippen molar-refractivity contribution in [2.24, 2.45) is 86.3 Å². The standard InChI is InChI=1S/C28H32/c1-5-25-7-16-15-11-28-13-26(6-2)9-17-18-10-27(12-25,21(16)22(17)28)23(19(15)8-25)24(28,4)20(18)14(26)3/h1-2,14-23H,7-13H2,3-4H3. The molecule has 0 nitrogen and oxygen atoms in total. The Bertz CT molecular complexity index is 977. The molecule has 0 radical (unpaired) electrons. The summed E-state index contributed by atoms with van der Waals surface area (Å²) in [5.41, 5.74) is 2.37. The van der Waals surface area contributed by atoms with E-state index in [2.05, 4.69) is 25.7 Å². The number of rotatable bonds is 0. The van der Waals surface area contributed by atoms with Gasteiger partial charge in [0.2, 0.25) is 0 Å². The Hall–Kier alpha value is -0.880. The van der Waals surface area contributed by atoms with Crippen LogP contribution in [0.3, 0.4) is 0 Å². The minimum atomic E-state index is 0.245. The predicted octanol–water partition coefficient (Wildman–Crippen LogP) is 5.24. The van der Waals surface area contributed by atoms with E-state index in [0.717, 1.165) is 59.2 Å². The van der Waals surface area contributed by atoms with Gasteiger partial charge in [-0.2, -0.15) is 0 Å². The minimum absolute atomic E-state index is 0.245. The van der Waals surface area contributed by atoms with Crippen LogP contribution in [-0.2, 0) is 0 Å². The van der Waals surface area contributed by atoms with E-state index in [1.54, 1.807) is 12.8 Å². The summed E-state index contributed by atoms with van der Waals surface area (Å²) < 4.78 is 0. The van der Waals surface area contributed by atoms with Gasteiger partial charge in [0, 0.05) is 10.8 Å². The molecule has 13 rings (SSSR count). The van der Waals surface area contributed by atoms with Crippen LogP contribution in [0.15, 0.2) is 0 Å². The van der Waals surface area contributed by atoms with Gasteiger partial charge in [-0.05, 0) is 120 Å². The molecule has 13 fully saturated rings. The zero-order valence-electron chi connectivity index (χ0n) is 17.4. The molecule has 15 unspecified atom stereocenters. The van der Waals surface area contributed by atoms with Gasteiger partial charge in [-0.3, -0.25) is 0 Å². The van der Waals surface area contributed by atoms with Crippen molar-refractivity contribution < 1.29 is 0 Å². The van der Waals surface area contributed by atoms with Gasteiger partial charge in [0.1, 0.15) is 0 Å². The van der Waals surface area contributed by atoms with E-state index in [4.69, 9.17) is 12.8 Å². The third-order valence-electron chi connectivity index (χ3n) is 14.6. The molecular formula is C28H32. The van der Waals surface area contributed by atoms with E-state index in [1.165, 1.54) is 32.1 Å². The molecule has 28 heavy (non-hydrogen) atoms. The summed E-state index contributed by atoms with van der Waals surface area (Å²) in [6, 6.07) is 0. The van der Waals surface area contributed by atoms with Crippen molar-refractivity contribution in [3.63, 3.8) is 0 Å². The molecular weight excluding hydrogens is 336 g/mol. The number of hydrogen-bond acceptors (Lipinski definition) is 0. The Labute approximate surface area is 170 Å². The van der Waals surface area contributed by atoms with Crippen molar-refractivity contribution in [2.75, 3.05) is 0 Å². The Morgan fingerprint density at radius 1 is 0.750 bits per heavy atom. The van der Waals surface area contributed by atoms with Gasteiger partial charge in [-0.25, -0.2) is 0 Å². The maximum atomic E-state index is 6.37. The second-order valence-corrected chi connectivity index (χ2v) is 13.9. The van der Waals surface area contributed by atoms with Crippen molar-refractivity contribution >= 4 is 0 Å². The predicted molar refractivity (Wildman–Crippen MR) is 108 cm³/mol. The highest BCUT2D eigenvalue weighted by atomic mass is 15.0. The average Bonchev–Trinajstić information content (AvgIpc) is 2.68. The molecule has 13 saturated carbocycles. The highest BCUT2D eigenvalue weighted by molar-refractivity contribution is 5.43. The van der Waals surface area contributed by atoms with E-state index in [9.17, 15) is 0 Å². The van der Waals surface area contributed by atoms with Crippen LogP contribution in [-0.4, -0.2) is 0 Å². The highest BCUT2D eigenvalue weighted by Crippen LogP contribution is 2.98. The summed E-state index contributed by atoms with van der Waals surface area (Å²) in [6.45, 7) is 5.42. The van der Waals surface area contributed by atoms with Crippen LogP contribution in [0.4, 0.5) is 0 Å². The van der Waals surface area contributed by atoms with Crippen LogP contribution < -0.4 is 0 Å². The van der Waals surface area contributed by atoms with Crippen molar-refractivity contribution in [1.82, 2.24) is 0 Å². The van der Waals surface area contributed by atoms with Crippen LogP contribution in [0.2, 0.25) is 0 Å². The molecule has 0 aromatic heterocycles. The lowest BCUT2D eigenvalue weighted by molar-refractivity contribution is -0.480. The van der Waals surface area contributed by atoms with Gasteiger partial charge < -0.3 is 0 Å². The monoisotopic (exact) mass is 368 g/mol. The van der Waals surface area contributed by atoms with E-state index >= 15 is 0 Å². The van der Waals surface area contributed by atoms with Gasteiger partial charge in [0.05, 0.1) is 0 Å². The van der Waals surface area contributed by atoms with Gasteiger partial charge in [0.15, 0.2) is 0 Å². The Morgan fingerprint density at radius 3 is 2.29 bits per heavy atom. The SMILES string of the molecule is C#CC12CC3C4CC56CC7(C#C)CC8C9CC(C1)(C3C85)C(C4C2)C6(C)C9C7C. The Morgan fingerprint density at radius 2 is 1.50 bits per heavy atom. The number of terminal acetylenes is 2. The molecule has 0 aliphatic heterocycles. The summed E-state index contributed by atoms with van der Waals surface area (Å²) in [7, 11) is 0. The van der Waals surface area contributed by atoms with Crippen LogP contribution >= 0.6 is 0 Å². The highest BCUT2D eigenvalue weighted by Gasteiger charge is 2.93. The third kappa shape index (κ3) is 0.964. The lowest BCUT2D eigenvalue weighted by atomic mass is 9.08. The first-order valence-electron chi connectivity index (χ1n) is 12.4. The molecule has 0 aromatic carbocycles. The smallest absolute Gasteiger partial charge is 0.0349 e. The van der Waals surface area contributed by atoms with Crippen LogP contribution in [0.5, 0.6) is 0 Å². The van der Waals surface area contributed by atoms with Crippen molar-refractivity contribution in [1.29, 1.82) is 0 Å². The average molecular weight is 369 g/mol. The van der Waals surface area contributed by atoms with Gasteiger partial charge in [0.25, 0.3) is 0 Å². The topological polar surface area (TPSA) is 0 Å². The molecule has 0 saturated heterocycles. The third-order valence-corrected chi connectivity index (χ3v) is 14.6. The molecule has 15 atom stereocenters. The summed E-state index contributed by atoms with van der Waals surface area (Å²) in [5.74, 6) is 16.6. The lowest BCUT2D eigenvalue weighted by Crippen LogP contribution is -2.91. The van der Waals surface area contributed by atoms with Crippen LogP contribution in [0, 0.1) is 111 Å². The van der Waals surface area contributed by atoms with Crippen molar-refractivity contribution in [2.45, 2.75) is 58.8 Å². The molecule has 0 amide bonds. The zero-order chi connectivity index (χ0) is 18.6. The second kappa shape index (κ2) is 3.55. The summed E-state index contributed by atoms with van der Waals surface area (Å²) in [6.07, 6.45) is 22.7.